The van der Waals surface area contributed by atoms with Crippen molar-refractivity contribution < 1.29 is 70.8 Å². The first-order chi connectivity index (χ1) is 30.1. The first kappa shape index (κ1) is 38.2. The number of hydrogen-bond acceptors (Lipinski definition) is 14. The minimum atomic E-state index is -1.32. The summed E-state index contributed by atoms with van der Waals surface area (Å²) in [4.78, 5) is 0. The Morgan fingerprint density at radius 2 is 0.762 bits per heavy atom. The van der Waals surface area contributed by atoms with Gasteiger partial charge in [0.15, 0.2) is 57.5 Å². The molecule has 0 bridgehead atoms. The predicted octanol–water partition coefficient (Wildman–Crippen LogP) is 8.14. The largest absolute Gasteiger partial charge is 0.505 e. The number of benzene rings is 9. The average molecular weight is 843 g/mol. The Balaban J connectivity index is 1.22. The highest BCUT2D eigenvalue weighted by atomic mass is 16.4. The molecular formula is C48H31BO14. The molecule has 0 saturated carbocycles. The molecule has 15 heteroatoms. The molecule has 0 unspecified atom stereocenters. The third-order valence-corrected chi connectivity index (χ3v) is 11.8. The van der Waals surface area contributed by atoms with Crippen molar-refractivity contribution in [3.05, 3.63) is 97.1 Å². The van der Waals surface area contributed by atoms with Gasteiger partial charge in [0.25, 0.3) is 0 Å². The van der Waals surface area contributed by atoms with E-state index in [1.54, 1.807) is 60.7 Å². The van der Waals surface area contributed by atoms with Crippen molar-refractivity contribution in [2.45, 2.75) is 0 Å². The number of furan rings is 1. The monoisotopic (exact) mass is 842 g/mol. The smallest absolute Gasteiger partial charge is 0.208 e. The molecule has 310 valence electrons. The van der Waals surface area contributed by atoms with E-state index in [4.69, 9.17) is 4.42 Å². The third-order valence-electron chi connectivity index (χ3n) is 11.8. The maximum absolute atomic E-state index is 11.7. The first-order valence-corrected chi connectivity index (χ1v) is 19.1. The number of fused-ring (bicyclic) bond motifs is 6. The molecule has 0 atom stereocenters. The Bertz CT molecular complexity index is 3540. The van der Waals surface area contributed by atoms with E-state index in [-0.39, 0.29) is 16.6 Å². The predicted molar refractivity (Wildman–Crippen MR) is 238 cm³/mol. The number of hydrogen-bond donors (Lipinski definition) is 13. The second-order valence-corrected chi connectivity index (χ2v) is 15.2. The fourth-order valence-corrected chi connectivity index (χ4v) is 8.80. The molecular weight excluding hydrogens is 811 g/mol. The molecule has 1 aromatic heterocycles. The van der Waals surface area contributed by atoms with Crippen LogP contribution in [0.3, 0.4) is 0 Å². The second-order valence-electron chi connectivity index (χ2n) is 15.2. The molecule has 0 spiro atoms. The molecule has 0 amide bonds. The van der Waals surface area contributed by atoms with E-state index in [2.05, 4.69) is 0 Å². The van der Waals surface area contributed by atoms with E-state index < -0.39 is 91.4 Å². The maximum Gasteiger partial charge on any atom is 0.208 e. The molecule has 9 aromatic carbocycles. The lowest BCUT2D eigenvalue weighted by molar-refractivity contribution is 0.329. The second kappa shape index (κ2) is 13.3. The van der Waals surface area contributed by atoms with Crippen LogP contribution in [0.5, 0.6) is 74.7 Å². The van der Waals surface area contributed by atoms with Gasteiger partial charge in [0.2, 0.25) is 17.2 Å². The van der Waals surface area contributed by atoms with Gasteiger partial charge in [-0.05, 0) is 73.3 Å². The van der Waals surface area contributed by atoms with E-state index >= 15 is 0 Å². The summed E-state index contributed by atoms with van der Waals surface area (Å²) in [5.41, 5.74) is 0.323. The van der Waals surface area contributed by atoms with Crippen molar-refractivity contribution in [1.82, 2.24) is 0 Å². The van der Waals surface area contributed by atoms with E-state index in [0.717, 1.165) is 21.7 Å². The Labute approximate surface area is 353 Å². The summed E-state index contributed by atoms with van der Waals surface area (Å²) < 4.78 is 6.45. The van der Waals surface area contributed by atoms with Crippen molar-refractivity contribution in [1.29, 1.82) is 0 Å². The van der Waals surface area contributed by atoms with Gasteiger partial charge < -0.3 is 70.8 Å². The van der Waals surface area contributed by atoms with Crippen LogP contribution in [-0.2, 0) is 0 Å². The van der Waals surface area contributed by atoms with E-state index in [0.29, 0.717) is 49.2 Å². The zero-order valence-corrected chi connectivity index (χ0v) is 32.5. The first-order valence-electron chi connectivity index (χ1n) is 19.1. The van der Waals surface area contributed by atoms with Crippen molar-refractivity contribution >= 4 is 67.6 Å². The fourth-order valence-electron chi connectivity index (χ4n) is 8.80. The number of rotatable bonds is 4. The quantitative estimate of drug-likeness (QED) is 0.0345. The van der Waals surface area contributed by atoms with Gasteiger partial charge in [-0.3, -0.25) is 0 Å². The lowest BCUT2D eigenvalue weighted by Gasteiger charge is -2.22. The van der Waals surface area contributed by atoms with Crippen LogP contribution < -0.4 is 5.46 Å². The summed E-state index contributed by atoms with van der Waals surface area (Å²) in [6.45, 7) is 0. The minimum absolute atomic E-state index is 0.0750. The van der Waals surface area contributed by atoms with E-state index in [1.165, 1.54) is 7.85 Å². The zero-order chi connectivity index (χ0) is 44.5. The summed E-state index contributed by atoms with van der Waals surface area (Å²) in [7, 11) is 1.36. The van der Waals surface area contributed by atoms with Crippen molar-refractivity contribution in [2.75, 3.05) is 0 Å². The van der Waals surface area contributed by atoms with E-state index in [9.17, 15) is 66.4 Å². The Kier molecular flexibility index (Phi) is 8.05. The topological polar surface area (TPSA) is 276 Å². The maximum atomic E-state index is 11.7. The molecule has 0 radical (unpaired) electrons. The molecule has 10 rings (SSSR count). The van der Waals surface area contributed by atoms with Gasteiger partial charge in [-0.2, -0.15) is 0 Å². The summed E-state index contributed by atoms with van der Waals surface area (Å²) in [6, 6.07) is 28.5. The van der Waals surface area contributed by atoms with Crippen LogP contribution in [0.15, 0.2) is 101 Å². The third kappa shape index (κ3) is 5.13. The molecule has 63 heavy (non-hydrogen) atoms. The molecule has 0 aliphatic carbocycles. The summed E-state index contributed by atoms with van der Waals surface area (Å²) in [5, 5.41) is 145. The number of phenols is 13. The van der Waals surface area contributed by atoms with Gasteiger partial charge in [-0.25, -0.2) is 0 Å². The Morgan fingerprint density at radius 3 is 1.29 bits per heavy atom. The van der Waals surface area contributed by atoms with Gasteiger partial charge in [-0.1, -0.05) is 72.8 Å². The molecule has 10 aromatic rings. The number of phenolic OH excluding ortho intramolecular Hbond substituents is 13. The van der Waals surface area contributed by atoms with Crippen LogP contribution in [0, 0.1) is 0 Å². The van der Waals surface area contributed by atoms with Crippen LogP contribution in [0.25, 0.3) is 98.8 Å². The normalized spacial score (nSPS) is 11.7. The van der Waals surface area contributed by atoms with Crippen LogP contribution >= 0.6 is 0 Å². The number of aromatic hydroxyl groups is 13. The average Bonchev–Trinajstić information content (AvgIpc) is 3.66. The standard InChI is InChI=1S/C48H31BO14/c49-35-44(58)36(50)28(37(51)45(35)59)18-13-12-17-15-25-27(16-19(17)14-18)63-26-11-5-10-24(30(25)26)29-20-6-1-3-8-22(20)31(23-9-4-2-7-21(23)29)32-38(52)40(54)33(41(55)39(32)53)34-42(56)46(60)48(62)47(61)43(34)57/h1-16,50-62H,49H2. The van der Waals surface area contributed by atoms with Crippen LogP contribution in [-0.4, -0.2) is 74.2 Å². The van der Waals surface area contributed by atoms with Crippen LogP contribution in [0.2, 0.25) is 0 Å². The van der Waals surface area contributed by atoms with Crippen molar-refractivity contribution in [2.24, 2.45) is 0 Å². The summed E-state index contributed by atoms with van der Waals surface area (Å²) in [6.07, 6.45) is 0. The molecule has 14 nitrogen and oxygen atoms in total. The minimum Gasteiger partial charge on any atom is -0.505 e. The van der Waals surface area contributed by atoms with Gasteiger partial charge in [0, 0.05) is 21.8 Å². The van der Waals surface area contributed by atoms with Crippen molar-refractivity contribution in [3.8, 4) is 119 Å². The van der Waals surface area contributed by atoms with E-state index in [1.807, 2.05) is 36.4 Å². The molecule has 13 N–H and O–H groups in total. The lowest BCUT2D eigenvalue weighted by atomic mass is 9.83. The molecule has 1 heterocycles. The van der Waals surface area contributed by atoms with Crippen LogP contribution in [0.4, 0.5) is 0 Å². The molecule has 0 saturated heterocycles. The fraction of sp³-hybridized carbons (Fsp3) is 0. The molecule has 0 aliphatic heterocycles. The zero-order valence-electron chi connectivity index (χ0n) is 32.5. The Hall–Kier alpha value is -8.98. The SMILES string of the molecule is Bc1c(O)c(O)c(-c2ccc3cc4c(cc3c2)oc2cccc(-c3c5ccccc5c(-c5c(O)c(O)c(-c6c(O)c(O)c(O)c(O)c6O)c(O)c5O)c5ccccc35)c24)c(O)c1O. The van der Waals surface area contributed by atoms with Gasteiger partial charge in [0.1, 0.15) is 19.0 Å². The highest BCUT2D eigenvalue weighted by Gasteiger charge is 2.34. The molecule has 0 aliphatic rings. The highest BCUT2D eigenvalue weighted by molar-refractivity contribution is 6.37. The Morgan fingerprint density at radius 1 is 0.317 bits per heavy atom. The van der Waals surface area contributed by atoms with Gasteiger partial charge >= 0.3 is 0 Å². The lowest BCUT2D eigenvalue weighted by Crippen LogP contribution is -2.05. The molecule has 0 fully saturated rings. The van der Waals surface area contributed by atoms with Crippen molar-refractivity contribution in [3.63, 3.8) is 0 Å². The summed E-state index contributed by atoms with van der Waals surface area (Å²) >= 11 is 0. The van der Waals surface area contributed by atoms with Gasteiger partial charge in [0.05, 0.1) is 22.3 Å². The van der Waals surface area contributed by atoms with Gasteiger partial charge in [-0.15, -0.1) is 0 Å². The van der Waals surface area contributed by atoms with Crippen LogP contribution in [0.1, 0.15) is 0 Å². The summed E-state index contributed by atoms with van der Waals surface area (Å²) in [5.74, 6) is -13.1. The highest BCUT2D eigenvalue weighted by Crippen LogP contribution is 2.63.